The largest absolute Gasteiger partial charge is 0.478 e. The summed E-state index contributed by atoms with van der Waals surface area (Å²) in [7, 11) is 0. The number of anilines is 1. The van der Waals surface area contributed by atoms with Gasteiger partial charge in [-0.3, -0.25) is 4.79 Å². The van der Waals surface area contributed by atoms with Crippen LogP contribution in [0.5, 0.6) is 0 Å². The van der Waals surface area contributed by atoms with E-state index in [1.807, 2.05) is 20.8 Å². The Labute approximate surface area is 112 Å². The van der Waals surface area contributed by atoms with Crippen LogP contribution in [0.4, 0.5) is 5.69 Å². The highest BCUT2D eigenvalue weighted by Gasteiger charge is 2.17. The molecule has 0 heterocycles. The van der Waals surface area contributed by atoms with Gasteiger partial charge in [-0.1, -0.05) is 12.1 Å². The van der Waals surface area contributed by atoms with Crippen molar-refractivity contribution < 1.29 is 19.4 Å². The topological polar surface area (TPSA) is 75.6 Å². The molecule has 1 aromatic carbocycles. The highest BCUT2D eigenvalue weighted by Crippen LogP contribution is 2.19. The first-order chi connectivity index (χ1) is 8.70. The molecule has 19 heavy (non-hydrogen) atoms. The molecule has 0 unspecified atom stereocenters. The Morgan fingerprint density at radius 2 is 1.95 bits per heavy atom. The van der Waals surface area contributed by atoms with Crippen LogP contribution in [0.2, 0.25) is 0 Å². The second kappa shape index (κ2) is 5.84. The predicted molar refractivity (Wildman–Crippen MR) is 72.5 cm³/mol. The number of aromatic carboxylic acids is 1. The summed E-state index contributed by atoms with van der Waals surface area (Å²) in [6, 6.07) is 4.94. The maximum absolute atomic E-state index is 11.7. The van der Waals surface area contributed by atoms with Crippen LogP contribution in [0.15, 0.2) is 18.2 Å². The Balaban J connectivity index is 2.80. The minimum absolute atomic E-state index is 0.103. The van der Waals surface area contributed by atoms with Gasteiger partial charge in [0.2, 0.25) is 5.91 Å². The lowest BCUT2D eigenvalue weighted by atomic mass is 10.1. The maximum atomic E-state index is 11.7. The predicted octanol–water partition coefficient (Wildman–Crippen LogP) is 2.45. The van der Waals surface area contributed by atoms with Crippen LogP contribution in [0.1, 0.15) is 36.7 Å². The third-order valence-electron chi connectivity index (χ3n) is 2.40. The number of hydrogen-bond donors (Lipinski definition) is 2. The molecule has 0 fully saturated rings. The summed E-state index contributed by atoms with van der Waals surface area (Å²) >= 11 is 0. The molecule has 2 N–H and O–H groups in total. The number of benzene rings is 1. The molecule has 0 aliphatic heterocycles. The van der Waals surface area contributed by atoms with Crippen molar-refractivity contribution in [1.82, 2.24) is 0 Å². The van der Waals surface area contributed by atoms with E-state index in [4.69, 9.17) is 9.84 Å². The van der Waals surface area contributed by atoms with Crippen LogP contribution in [-0.4, -0.2) is 29.2 Å². The number of carboxylic acids is 1. The molecular formula is C14H19NO4. The molecule has 5 nitrogen and oxygen atoms in total. The molecular weight excluding hydrogens is 246 g/mol. The zero-order valence-corrected chi connectivity index (χ0v) is 11.6. The van der Waals surface area contributed by atoms with E-state index in [9.17, 15) is 9.59 Å². The van der Waals surface area contributed by atoms with Crippen molar-refractivity contribution in [1.29, 1.82) is 0 Å². The summed E-state index contributed by atoms with van der Waals surface area (Å²) in [4.78, 5) is 22.9. The van der Waals surface area contributed by atoms with Crippen molar-refractivity contribution >= 4 is 17.6 Å². The number of aryl methyl sites for hydroxylation is 1. The van der Waals surface area contributed by atoms with Gasteiger partial charge in [0, 0.05) is 0 Å². The van der Waals surface area contributed by atoms with Crippen molar-refractivity contribution in [2.75, 3.05) is 11.9 Å². The molecule has 0 aromatic heterocycles. The summed E-state index contributed by atoms with van der Waals surface area (Å²) in [6.07, 6.45) is 0. The molecule has 1 rings (SSSR count). The van der Waals surface area contributed by atoms with Gasteiger partial charge in [0.05, 0.1) is 16.9 Å². The highest BCUT2D eigenvalue weighted by molar-refractivity contribution is 6.01. The third kappa shape index (κ3) is 4.71. The Hall–Kier alpha value is -1.88. The van der Waals surface area contributed by atoms with E-state index >= 15 is 0 Å². The van der Waals surface area contributed by atoms with Crippen molar-refractivity contribution in [2.45, 2.75) is 33.3 Å². The molecule has 0 aliphatic rings. The summed E-state index contributed by atoms with van der Waals surface area (Å²) in [6.45, 7) is 7.10. The fourth-order valence-electron chi connectivity index (χ4n) is 1.52. The average molecular weight is 265 g/mol. The molecule has 0 atom stereocenters. The van der Waals surface area contributed by atoms with Crippen LogP contribution >= 0.6 is 0 Å². The van der Waals surface area contributed by atoms with Gasteiger partial charge >= 0.3 is 5.97 Å². The van der Waals surface area contributed by atoms with Crippen LogP contribution in [0.3, 0.4) is 0 Å². The summed E-state index contributed by atoms with van der Waals surface area (Å²) in [5.41, 5.74) is 0.572. The van der Waals surface area contributed by atoms with Crippen molar-refractivity contribution in [2.24, 2.45) is 0 Å². The molecule has 5 heteroatoms. The average Bonchev–Trinajstić information content (AvgIpc) is 2.25. The molecule has 0 spiro atoms. The Morgan fingerprint density at radius 1 is 1.32 bits per heavy atom. The van der Waals surface area contributed by atoms with Gasteiger partial charge in [-0.2, -0.15) is 0 Å². The standard InChI is InChI=1S/C14H19NO4/c1-9-6-5-7-10(12(9)13(17)18)15-11(16)8-19-14(2,3)4/h5-7H,8H2,1-4H3,(H,15,16)(H,17,18). The molecule has 0 radical (unpaired) electrons. The SMILES string of the molecule is Cc1cccc(NC(=O)COC(C)(C)C)c1C(=O)O. The monoisotopic (exact) mass is 265 g/mol. The Bertz CT molecular complexity index is 489. The molecule has 1 aromatic rings. The molecule has 0 saturated carbocycles. The van der Waals surface area contributed by atoms with E-state index in [1.54, 1.807) is 25.1 Å². The zero-order valence-electron chi connectivity index (χ0n) is 11.6. The molecule has 0 saturated heterocycles. The van der Waals surface area contributed by atoms with Gasteiger partial charge in [0.1, 0.15) is 6.61 Å². The number of hydrogen-bond acceptors (Lipinski definition) is 3. The number of carboxylic acid groups (broad SMARTS) is 1. The van der Waals surface area contributed by atoms with Gasteiger partial charge in [-0.05, 0) is 39.3 Å². The maximum Gasteiger partial charge on any atom is 0.338 e. The van der Waals surface area contributed by atoms with E-state index in [2.05, 4.69) is 5.32 Å². The highest BCUT2D eigenvalue weighted by atomic mass is 16.5. The number of ether oxygens (including phenoxy) is 1. The molecule has 0 bridgehead atoms. The minimum Gasteiger partial charge on any atom is -0.478 e. The number of carbonyl (C=O) groups excluding carboxylic acids is 1. The van der Waals surface area contributed by atoms with Crippen LogP contribution in [0, 0.1) is 6.92 Å². The quantitative estimate of drug-likeness (QED) is 0.876. The molecule has 104 valence electrons. The zero-order chi connectivity index (χ0) is 14.6. The van der Waals surface area contributed by atoms with Gasteiger partial charge in [0.25, 0.3) is 0 Å². The van der Waals surface area contributed by atoms with E-state index in [0.29, 0.717) is 5.56 Å². The molecule has 1 amide bonds. The van der Waals surface area contributed by atoms with E-state index in [1.165, 1.54) is 0 Å². The smallest absolute Gasteiger partial charge is 0.338 e. The normalized spacial score (nSPS) is 11.2. The van der Waals surface area contributed by atoms with Crippen molar-refractivity contribution in [3.8, 4) is 0 Å². The van der Waals surface area contributed by atoms with Gasteiger partial charge in [-0.15, -0.1) is 0 Å². The summed E-state index contributed by atoms with van der Waals surface area (Å²) in [5.74, 6) is -1.44. The lowest BCUT2D eigenvalue weighted by molar-refractivity contribution is -0.125. The fraction of sp³-hybridized carbons (Fsp3) is 0.429. The van der Waals surface area contributed by atoms with Crippen molar-refractivity contribution in [3.63, 3.8) is 0 Å². The number of rotatable bonds is 4. The number of amides is 1. The van der Waals surface area contributed by atoms with E-state index in [-0.39, 0.29) is 23.8 Å². The van der Waals surface area contributed by atoms with Gasteiger partial charge < -0.3 is 15.2 Å². The Morgan fingerprint density at radius 3 is 2.47 bits per heavy atom. The van der Waals surface area contributed by atoms with E-state index < -0.39 is 11.6 Å². The number of carbonyl (C=O) groups is 2. The van der Waals surface area contributed by atoms with Gasteiger partial charge in [-0.25, -0.2) is 4.79 Å². The Kier molecular flexibility index (Phi) is 4.67. The first-order valence-corrected chi connectivity index (χ1v) is 5.97. The number of nitrogens with one attached hydrogen (secondary N) is 1. The summed E-state index contributed by atoms with van der Waals surface area (Å²) in [5, 5.41) is 11.7. The first kappa shape index (κ1) is 15.2. The lowest BCUT2D eigenvalue weighted by Crippen LogP contribution is -2.27. The lowest BCUT2D eigenvalue weighted by Gasteiger charge is -2.19. The van der Waals surface area contributed by atoms with Crippen LogP contribution in [-0.2, 0) is 9.53 Å². The van der Waals surface area contributed by atoms with E-state index in [0.717, 1.165) is 0 Å². The fourth-order valence-corrected chi connectivity index (χ4v) is 1.52. The van der Waals surface area contributed by atoms with Crippen LogP contribution < -0.4 is 5.32 Å². The van der Waals surface area contributed by atoms with Crippen molar-refractivity contribution in [3.05, 3.63) is 29.3 Å². The van der Waals surface area contributed by atoms with Gasteiger partial charge in [0.15, 0.2) is 0 Å². The molecule has 0 aliphatic carbocycles. The summed E-state index contributed by atoms with van der Waals surface area (Å²) < 4.78 is 5.33. The first-order valence-electron chi connectivity index (χ1n) is 5.97. The second-order valence-corrected chi connectivity index (χ2v) is 5.25. The minimum atomic E-state index is -1.06. The van der Waals surface area contributed by atoms with Crippen LogP contribution in [0.25, 0.3) is 0 Å². The second-order valence-electron chi connectivity index (χ2n) is 5.25. The third-order valence-corrected chi connectivity index (χ3v) is 2.40.